The van der Waals surface area contributed by atoms with Crippen molar-refractivity contribution < 1.29 is 9.53 Å². The van der Waals surface area contributed by atoms with Crippen LogP contribution in [0, 0.1) is 0 Å². The van der Waals surface area contributed by atoms with E-state index in [4.69, 9.17) is 4.74 Å². The van der Waals surface area contributed by atoms with Crippen molar-refractivity contribution in [2.45, 2.75) is 25.9 Å². The average molecular weight is 258 g/mol. The molecule has 0 atom stereocenters. The lowest BCUT2D eigenvalue weighted by atomic mass is 10.0. The summed E-state index contributed by atoms with van der Waals surface area (Å²) >= 11 is 0. The highest BCUT2D eigenvalue weighted by Gasteiger charge is 2.27. The van der Waals surface area contributed by atoms with Gasteiger partial charge in [0.25, 0.3) is 0 Å². The van der Waals surface area contributed by atoms with E-state index in [-0.39, 0.29) is 5.97 Å². The Morgan fingerprint density at radius 1 is 1.37 bits per heavy atom. The Bertz CT molecular complexity index is 593. The van der Waals surface area contributed by atoms with Crippen molar-refractivity contribution in [3.63, 3.8) is 0 Å². The molecular weight excluding hydrogens is 240 g/mol. The molecule has 0 aliphatic carbocycles. The minimum atomic E-state index is -0.696. The predicted molar refractivity (Wildman–Crippen MR) is 74.7 cm³/mol. The van der Waals surface area contributed by atoms with Crippen LogP contribution in [-0.2, 0) is 16.1 Å². The van der Waals surface area contributed by atoms with E-state index in [9.17, 15) is 4.79 Å². The highest BCUT2D eigenvalue weighted by Crippen LogP contribution is 2.14. The number of nitrogens with zero attached hydrogens (tertiary/aromatic N) is 1. The average Bonchev–Trinajstić information content (AvgIpc) is 2.44. The number of benzene rings is 1. The van der Waals surface area contributed by atoms with Crippen LogP contribution in [0.5, 0.6) is 0 Å². The van der Waals surface area contributed by atoms with Gasteiger partial charge >= 0.3 is 5.97 Å². The molecule has 4 heteroatoms. The molecule has 100 valence electrons. The van der Waals surface area contributed by atoms with Crippen LogP contribution in [0.1, 0.15) is 19.4 Å². The lowest BCUT2D eigenvalue weighted by Gasteiger charge is -2.23. The van der Waals surface area contributed by atoms with Crippen LogP contribution in [0.25, 0.3) is 10.9 Å². The normalized spacial score (nSPS) is 11.5. The maximum Gasteiger partial charge on any atom is 0.325 e. The maximum atomic E-state index is 11.6. The topological polar surface area (TPSA) is 51.2 Å². The van der Waals surface area contributed by atoms with Gasteiger partial charge in [0.2, 0.25) is 0 Å². The largest absolute Gasteiger partial charge is 0.468 e. The number of pyridine rings is 1. The van der Waals surface area contributed by atoms with E-state index in [1.165, 1.54) is 7.11 Å². The summed E-state index contributed by atoms with van der Waals surface area (Å²) in [4.78, 5) is 15.9. The van der Waals surface area contributed by atoms with Crippen molar-refractivity contribution in [2.75, 3.05) is 7.11 Å². The first kappa shape index (κ1) is 13.5. The van der Waals surface area contributed by atoms with Crippen molar-refractivity contribution in [1.82, 2.24) is 10.3 Å². The summed E-state index contributed by atoms with van der Waals surface area (Å²) in [5.41, 5.74) is 1.38. The lowest BCUT2D eigenvalue weighted by molar-refractivity contribution is -0.147. The standard InChI is InChI=1S/C15H18N2O2/c1-15(2,14(18)19-3)17-10-11-6-7-13-12(9-11)5-4-8-16-13/h4-9,17H,10H2,1-3H3. The summed E-state index contributed by atoms with van der Waals surface area (Å²) in [6.07, 6.45) is 1.78. The Morgan fingerprint density at radius 2 is 2.16 bits per heavy atom. The second kappa shape index (κ2) is 5.36. The van der Waals surface area contributed by atoms with Gasteiger partial charge in [-0.25, -0.2) is 0 Å². The van der Waals surface area contributed by atoms with E-state index < -0.39 is 5.54 Å². The molecule has 0 saturated carbocycles. The zero-order valence-electron chi connectivity index (χ0n) is 11.4. The third-order valence-electron chi connectivity index (χ3n) is 3.10. The molecule has 0 spiro atoms. The smallest absolute Gasteiger partial charge is 0.325 e. The molecule has 0 saturated heterocycles. The van der Waals surface area contributed by atoms with Crippen molar-refractivity contribution in [2.24, 2.45) is 0 Å². The monoisotopic (exact) mass is 258 g/mol. The summed E-state index contributed by atoms with van der Waals surface area (Å²) in [6.45, 7) is 4.22. The van der Waals surface area contributed by atoms with Gasteiger partial charge in [0, 0.05) is 18.1 Å². The highest BCUT2D eigenvalue weighted by atomic mass is 16.5. The van der Waals surface area contributed by atoms with E-state index in [1.807, 2.05) is 24.3 Å². The van der Waals surface area contributed by atoms with Crippen LogP contribution in [0.4, 0.5) is 0 Å². The number of carbonyl (C=O) groups is 1. The van der Waals surface area contributed by atoms with Gasteiger partial charge in [-0.3, -0.25) is 15.1 Å². The molecule has 0 unspecified atom stereocenters. The molecule has 0 bridgehead atoms. The Balaban J connectivity index is 2.12. The minimum Gasteiger partial charge on any atom is -0.468 e. The first-order valence-electron chi connectivity index (χ1n) is 6.20. The third-order valence-corrected chi connectivity index (χ3v) is 3.10. The van der Waals surface area contributed by atoms with Crippen LogP contribution in [0.2, 0.25) is 0 Å². The first-order valence-corrected chi connectivity index (χ1v) is 6.20. The second-order valence-corrected chi connectivity index (χ2v) is 5.00. The summed E-state index contributed by atoms with van der Waals surface area (Å²) in [7, 11) is 1.40. The zero-order chi connectivity index (χ0) is 13.9. The number of rotatable bonds is 4. The fourth-order valence-electron chi connectivity index (χ4n) is 1.89. The molecule has 0 amide bonds. The molecule has 2 aromatic rings. The fourth-order valence-corrected chi connectivity index (χ4v) is 1.89. The lowest BCUT2D eigenvalue weighted by Crippen LogP contribution is -2.46. The molecule has 0 aliphatic heterocycles. The van der Waals surface area contributed by atoms with Gasteiger partial charge in [-0.15, -0.1) is 0 Å². The summed E-state index contributed by atoms with van der Waals surface area (Å²) < 4.78 is 4.76. The van der Waals surface area contributed by atoms with Crippen LogP contribution in [-0.4, -0.2) is 23.6 Å². The van der Waals surface area contributed by atoms with E-state index in [0.29, 0.717) is 6.54 Å². The van der Waals surface area contributed by atoms with Crippen molar-refractivity contribution in [3.8, 4) is 0 Å². The van der Waals surface area contributed by atoms with Crippen LogP contribution >= 0.6 is 0 Å². The number of aromatic nitrogens is 1. The zero-order valence-corrected chi connectivity index (χ0v) is 11.4. The number of esters is 1. The first-order chi connectivity index (χ1) is 9.03. The predicted octanol–water partition coefficient (Wildman–Crippen LogP) is 2.28. The number of fused-ring (bicyclic) bond motifs is 1. The molecule has 0 fully saturated rings. The van der Waals surface area contributed by atoms with Gasteiger partial charge in [0.05, 0.1) is 12.6 Å². The SMILES string of the molecule is COC(=O)C(C)(C)NCc1ccc2ncccc2c1. The molecule has 1 N–H and O–H groups in total. The molecule has 0 aliphatic rings. The second-order valence-electron chi connectivity index (χ2n) is 5.00. The van der Waals surface area contributed by atoms with Crippen molar-refractivity contribution in [3.05, 3.63) is 42.1 Å². The van der Waals surface area contributed by atoms with Crippen LogP contribution in [0.3, 0.4) is 0 Å². The summed E-state index contributed by atoms with van der Waals surface area (Å²) in [5, 5.41) is 4.29. The summed E-state index contributed by atoms with van der Waals surface area (Å²) in [6, 6.07) is 10.0. The molecule has 1 aromatic carbocycles. The van der Waals surface area contributed by atoms with Gasteiger partial charge < -0.3 is 4.74 Å². The van der Waals surface area contributed by atoms with Crippen molar-refractivity contribution in [1.29, 1.82) is 0 Å². The Morgan fingerprint density at radius 3 is 2.89 bits per heavy atom. The van der Waals surface area contributed by atoms with Crippen molar-refractivity contribution >= 4 is 16.9 Å². The van der Waals surface area contributed by atoms with Gasteiger partial charge in [0.1, 0.15) is 5.54 Å². The Hall–Kier alpha value is -1.94. The maximum absolute atomic E-state index is 11.6. The molecule has 2 rings (SSSR count). The molecule has 0 radical (unpaired) electrons. The Kier molecular flexibility index (Phi) is 3.81. The number of hydrogen-bond donors (Lipinski definition) is 1. The van der Waals surface area contributed by atoms with E-state index in [1.54, 1.807) is 20.0 Å². The van der Waals surface area contributed by atoms with E-state index in [2.05, 4.69) is 16.4 Å². The molecule has 1 aromatic heterocycles. The van der Waals surface area contributed by atoms with Gasteiger partial charge in [-0.05, 0) is 37.6 Å². The number of methoxy groups -OCH3 is 1. The highest BCUT2D eigenvalue weighted by molar-refractivity contribution is 5.80. The van der Waals surface area contributed by atoms with E-state index >= 15 is 0 Å². The van der Waals surface area contributed by atoms with E-state index in [0.717, 1.165) is 16.5 Å². The number of ether oxygens (including phenoxy) is 1. The Labute approximate surface area is 112 Å². The third kappa shape index (κ3) is 3.09. The van der Waals surface area contributed by atoms with Crippen LogP contribution in [0.15, 0.2) is 36.5 Å². The fraction of sp³-hybridized carbons (Fsp3) is 0.333. The summed E-state index contributed by atoms with van der Waals surface area (Å²) in [5.74, 6) is -0.269. The quantitative estimate of drug-likeness (QED) is 0.855. The number of carbonyl (C=O) groups excluding carboxylic acids is 1. The molecule has 4 nitrogen and oxygen atoms in total. The molecule has 19 heavy (non-hydrogen) atoms. The number of nitrogens with one attached hydrogen (secondary N) is 1. The van der Waals surface area contributed by atoms with Gasteiger partial charge in [-0.1, -0.05) is 12.1 Å². The van der Waals surface area contributed by atoms with Crippen LogP contribution < -0.4 is 5.32 Å². The number of hydrogen-bond acceptors (Lipinski definition) is 4. The van der Waals surface area contributed by atoms with Gasteiger partial charge in [-0.2, -0.15) is 0 Å². The molecular formula is C15H18N2O2. The molecule has 1 heterocycles. The minimum absolute atomic E-state index is 0.269. The van der Waals surface area contributed by atoms with Gasteiger partial charge in [0.15, 0.2) is 0 Å².